The van der Waals surface area contributed by atoms with E-state index in [-0.39, 0.29) is 78.6 Å². The molecule has 18 heavy (non-hydrogen) atoms. The Labute approximate surface area is 167 Å². The fraction of sp³-hybridized carbons (Fsp3) is 0.417. The van der Waals surface area contributed by atoms with Crippen LogP contribution in [0.3, 0.4) is 0 Å². The summed E-state index contributed by atoms with van der Waals surface area (Å²) in [7, 11) is 2.11. The summed E-state index contributed by atoms with van der Waals surface area (Å²) < 4.78 is 0. The van der Waals surface area contributed by atoms with Gasteiger partial charge in [-0.3, -0.25) is 0 Å². The van der Waals surface area contributed by atoms with Crippen LogP contribution in [0, 0.1) is 18.7 Å². The Morgan fingerprint density at radius 3 is 2.67 bits per heavy atom. The zero-order valence-electron chi connectivity index (χ0n) is 11.3. The second kappa shape index (κ2) is 9.20. The maximum Gasteiger partial charge on any atom is 1.00 e. The molecule has 0 aromatic heterocycles. The van der Waals surface area contributed by atoms with E-state index in [4.69, 9.17) is 5.73 Å². The molecule has 2 rings (SSSR count). The Balaban J connectivity index is 0. The number of nitrogens with two attached hydrogens (primary N) is 1. The number of anilines is 2. The van der Waals surface area contributed by atoms with E-state index < -0.39 is 0 Å². The second-order valence-electron chi connectivity index (χ2n) is 4.02. The zero-order valence-corrected chi connectivity index (χ0v) is 25.3. The van der Waals surface area contributed by atoms with E-state index in [1.54, 1.807) is 6.07 Å². The smallest absolute Gasteiger partial charge is 0.454 e. The summed E-state index contributed by atoms with van der Waals surface area (Å²) in [6, 6.07) is 10.3. The van der Waals surface area contributed by atoms with Crippen LogP contribution in [0.15, 0.2) is 12.1 Å². The Morgan fingerprint density at radius 2 is 2.11 bits per heavy atom. The quantitative estimate of drug-likeness (QED) is 0.272. The largest absolute Gasteiger partial charge is 1.00 e. The van der Waals surface area contributed by atoms with E-state index in [1.807, 2.05) is 6.07 Å². The van der Waals surface area contributed by atoms with Gasteiger partial charge in [-0.2, -0.15) is 5.69 Å². The summed E-state index contributed by atoms with van der Waals surface area (Å²) in [6.07, 6.45) is 0. The zero-order chi connectivity index (χ0) is 10.8. The Hall–Kier alpha value is 0.248. The van der Waals surface area contributed by atoms with Gasteiger partial charge in [0.05, 0.1) is 0 Å². The molecule has 0 bridgehead atoms. The summed E-state index contributed by atoms with van der Waals surface area (Å²) >= 11 is 0. The van der Waals surface area contributed by atoms with Gasteiger partial charge in [-0.15, -0.1) is 0 Å². The van der Waals surface area contributed by atoms with Crippen molar-refractivity contribution < 1.29 is 78.6 Å². The molecule has 1 heterocycles. The second-order valence-corrected chi connectivity index (χ2v) is 4.02. The van der Waals surface area contributed by atoms with Crippen LogP contribution in [0.25, 0.3) is 0 Å². The minimum absolute atomic E-state index is 0. The Morgan fingerprint density at radius 1 is 1.44 bits per heavy atom. The third kappa shape index (κ3) is 5.09. The van der Waals surface area contributed by atoms with E-state index in [0.717, 1.165) is 18.8 Å². The standard InChI is InChI=1S/C12H16N3.Rb.Re.Rf/c1-10-9-15(7-6-14(10)2)12-5-3-4-11(13)8-12;;;/h3,6,8,10H,7,9,13H2,1-2H3;;;/q-3;+1;;. The molecule has 1 aliphatic rings. The predicted molar refractivity (Wildman–Crippen MR) is 62.3 cm³/mol. The van der Waals surface area contributed by atoms with Crippen molar-refractivity contribution >= 4 is 11.4 Å². The maximum atomic E-state index is 5.70. The topological polar surface area (TPSA) is 32.5 Å². The van der Waals surface area contributed by atoms with Crippen LogP contribution in [0.1, 0.15) is 6.92 Å². The molecule has 1 fully saturated rings. The molecule has 1 aliphatic heterocycles. The van der Waals surface area contributed by atoms with Crippen LogP contribution in [0.4, 0.5) is 11.4 Å². The molecular formula is C12H16N3RbReRf-2. The number of benzene rings is 1. The summed E-state index contributed by atoms with van der Waals surface area (Å²) in [5.74, 6) is 0. The van der Waals surface area contributed by atoms with Gasteiger partial charge in [-0.1, -0.05) is 13.5 Å². The van der Waals surface area contributed by atoms with Gasteiger partial charge in [0.2, 0.25) is 0 Å². The molecule has 1 radical (unpaired) electrons. The van der Waals surface area contributed by atoms with Gasteiger partial charge >= 0.3 is 58.2 Å². The first-order valence-corrected chi connectivity index (χ1v) is 5.16. The molecule has 1 unspecified atom stereocenters. The molecule has 0 spiro atoms. The number of likely N-dealkylation sites (N-methyl/N-ethyl adjacent to an activating group) is 1. The Kier molecular flexibility index (Phi) is 10.5. The van der Waals surface area contributed by atoms with Gasteiger partial charge in [0.25, 0.3) is 0 Å². The van der Waals surface area contributed by atoms with Gasteiger partial charge in [0.15, 0.2) is 0 Å². The summed E-state index contributed by atoms with van der Waals surface area (Å²) in [6.45, 7) is 6.32. The molecule has 1 aromatic rings. The summed E-state index contributed by atoms with van der Waals surface area (Å²) in [4.78, 5) is 4.52. The van der Waals surface area contributed by atoms with E-state index in [9.17, 15) is 0 Å². The third-order valence-electron chi connectivity index (χ3n) is 2.86. The van der Waals surface area contributed by atoms with E-state index in [1.165, 1.54) is 0 Å². The van der Waals surface area contributed by atoms with Crippen LogP contribution >= 0.6 is 0 Å². The SMILES string of the molecule is CC1CN(c2[c-]c[c-]c(N)c2)C[CH-]N1C.[Rb+].[Re].[Rf]. The van der Waals surface area contributed by atoms with Crippen LogP contribution < -0.4 is 68.8 Å². The van der Waals surface area contributed by atoms with Crippen molar-refractivity contribution in [3.05, 3.63) is 30.8 Å². The number of rotatable bonds is 1. The minimum atomic E-state index is 0. The first-order chi connectivity index (χ1) is 7.16. The van der Waals surface area contributed by atoms with Crippen molar-refractivity contribution in [3.63, 3.8) is 0 Å². The average Bonchev–Trinajstić information content (AvgIpc) is 2.22. The molecule has 3 nitrogen and oxygen atoms in total. The van der Waals surface area contributed by atoms with Gasteiger partial charge in [-0.25, -0.2) is 18.3 Å². The monoisotopic (exact) mass is 741 g/mol. The fourth-order valence-corrected chi connectivity index (χ4v) is 1.73. The van der Waals surface area contributed by atoms with E-state index >= 15 is 0 Å². The fourth-order valence-electron chi connectivity index (χ4n) is 1.73. The number of piperazine rings is 1. The molecule has 1 aromatic carbocycles. The normalized spacial score (nSPS) is 19.2. The Bertz CT molecular complexity index is 354. The van der Waals surface area contributed by atoms with Crippen molar-refractivity contribution in [1.82, 2.24) is 4.90 Å². The van der Waals surface area contributed by atoms with Crippen LogP contribution in [0.2, 0.25) is 0 Å². The van der Waals surface area contributed by atoms with Crippen LogP contribution in [-0.4, -0.2) is 31.1 Å². The molecule has 1 saturated heterocycles. The van der Waals surface area contributed by atoms with Gasteiger partial charge in [-0.05, 0) is 13.1 Å². The number of hydrogen-bond acceptors (Lipinski definition) is 3. The number of nitrogen functional groups attached to an aromatic ring is 1. The maximum absolute atomic E-state index is 5.70. The van der Waals surface area contributed by atoms with Gasteiger partial charge in [0.1, 0.15) is 0 Å². The predicted octanol–water partition coefficient (Wildman–Crippen LogP) is -1.83. The molecule has 2 N–H and O–H groups in total. The van der Waals surface area contributed by atoms with Crippen LogP contribution in [-0.2, 0) is 20.4 Å². The number of hydrogen-bond donors (Lipinski definition) is 1. The summed E-state index contributed by atoms with van der Waals surface area (Å²) in [5, 5.41) is 0. The molecule has 0 aliphatic carbocycles. The molecule has 0 saturated carbocycles. The van der Waals surface area contributed by atoms with Gasteiger partial charge < -0.3 is 33.7 Å². The molecule has 91 valence electrons. The van der Waals surface area contributed by atoms with E-state index in [0.29, 0.717) is 11.7 Å². The minimum Gasteiger partial charge on any atom is -0.454 e. The van der Waals surface area contributed by atoms with Crippen LogP contribution in [0.5, 0.6) is 0 Å². The molecule has 0 amide bonds. The molecular weight excluding hydrogens is 725 g/mol. The molecule has 1 atom stereocenters. The van der Waals surface area contributed by atoms with E-state index in [2.05, 4.69) is 42.4 Å². The average molecular weight is 741 g/mol. The summed E-state index contributed by atoms with van der Waals surface area (Å²) in [5.41, 5.74) is 7.44. The van der Waals surface area contributed by atoms with Gasteiger partial charge in [0, 0.05) is 27.0 Å². The van der Waals surface area contributed by atoms with Crippen molar-refractivity contribution in [2.75, 3.05) is 30.8 Å². The van der Waals surface area contributed by atoms with Crippen molar-refractivity contribution in [3.8, 4) is 0 Å². The first-order valence-electron chi connectivity index (χ1n) is 5.16. The van der Waals surface area contributed by atoms with Crippen molar-refractivity contribution in [2.45, 2.75) is 13.0 Å². The number of nitrogens with zero attached hydrogens (tertiary/aromatic N) is 2. The molecule has 6 heteroatoms. The third-order valence-corrected chi connectivity index (χ3v) is 2.86. The van der Waals surface area contributed by atoms with Crippen molar-refractivity contribution in [2.24, 2.45) is 0 Å². The first kappa shape index (κ1) is 20.6. The van der Waals surface area contributed by atoms with Crippen molar-refractivity contribution in [1.29, 1.82) is 0 Å².